The number of rotatable bonds is 7. The second-order valence-corrected chi connectivity index (χ2v) is 8.23. The van der Waals surface area contributed by atoms with Gasteiger partial charge >= 0.3 is 6.61 Å². The third-order valence-corrected chi connectivity index (χ3v) is 5.71. The quantitative estimate of drug-likeness (QED) is 0.512. The highest BCUT2D eigenvalue weighted by atomic mass is 19.3. The van der Waals surface area contributed by atoms with Gasteiger partial charge in [-0.2, -0.15) is 8.78 Å². The van der Waals surface area contributed by atoms with Crippen molar-refractivity contribution in [2.75, 3.05) is 13.7 Å². The van der Waals surface area contributed by atoms with Crippen LogP contribution in [0.15, 0.2) is 24.3 Å². The Morgan fingerprint density at radius 1 is 1.18 bits per heavy atom. The van der Waals surface area contributed by atoms with Crippen LogP contribution in [-0.4, -0.2) is 45.6 Å². The molecule has 0 aliphatic carbocycles. The lowest BCUT2D eigenvalue weighted by Crippen LogP contribution is -2.26. The van der Waals surface area contributed by atoms with Crippen LogP contribution in [0, 0.1) is 6.92 Å². The number of fused-ring (bicyclic) bond motifs is 3. The highest BCUT2D eigenvalue weighted by Gasteiger charge is 2.23. The van der Waals surface area contributed by atoms with Crippen molar-refractivity contribution in [2.24, 2.45) is 0 Å². The van der Waals surface area contributed by atoms with E-state index in [1.165, 1.54) is 6.07 Å². The average molecular weight is 459 g/mol. The Labute approximate surface area is 191 Å². The zero-order valence-electron chi connectivity index (χ0n) is 19.1. The van der Waals surface area contributed by atoms with Crippen molar-refractivity contribution < 1.29 is 23.0 Å². The molecule has 4 rings (SSSR count). The standard InChI is InChI=1S/C24H28F2N4O3/c1-4-32-19-13-16(9-10-18(19)33-24(25)26)14-29(3)23(31)17-12-15(2)27-22-21(17)28-20-8-6-5-7-11-30(20)22/h9-10,12-13,24H,4-8,11,14H2,1-3H3. The molecule has 1 aliphatic heterocycles. The minimum absolute atomic E-state index is 0.0319. The number of carbonyl (C=O) groups is 1. The SMILES string of the molecule is CCOc1cc(CN(C)C(=O)c2cc(C)nc3c2nc2n3CCCCC2)ccc1OC(F)F. The fraction of sp³-hybridized carbons (Fsp3) is 0.458. The first kappa shape index (κ1) is 22.9. The number of amides is 1. The summed E-state index contributed by atoms with van der Waals surface area (Å²) in [7, 11) is 1.70. The molecule has 0 fully saturated rings. The van der Waals surface area contributed by atoms with Crippen molar-refractivity contribution >= 4 is 17.1 Å². The van der Waals surface area contributed by atoms with E-state index in [2.05, 4.69) is 14.3 Å². The van der Waals surface area contributed by atoms with Gasteiger partial charge in [-0.1, -0.05) is 12.5 Å². The van der Waals surface area contributed by atoms with E-state index in [0.717, 1.165) is 55.0 Å². The van der Waals surface area contributed by atoms with Gasteiger partial charge in [0.1, 0.15) is 11.3 Å². The monoisotopic (exact) mass is 458 g/mol. The van der Waals surface area contributed by atoms with E-state index in [0.29, 0.717) is 17.7 Å². The smallest absolute Gasteiger partial charge is 0.387 e. The fourth-order valence-electron chi connectivity index (χ4n) is 4.24. The molecular formula is C24H28F2N4O3. The number of aryl methyl sites for hydroxylation is 3. The lowest BCUT2D eigenvalue weighted by molar-refractivity contribution is -0.0514. The number of aromatic nitrogens is 3. The Hall–Kier alpha value is -3.23. The number of alkyl halides is 2. The minimum Gasteiger partial charge on any atom is -0.490 e. The molecule has 0 spiro atoms. The van der Waals surface area contributed by atoms with E-state index in [-0.39, 0.29) is 24.0 Å². The summed E-state index contributed by atoms with van der Waals surface area (Å²) in [6, 6.07) is 6.48. The summed E-state index contributed by atoms with van der Waals surface area (Å²) in [5.74, 6) is 0.990. The maximum Gasteiger partial charge on any atom is 0.387 e. The molecule has 0 bridgehead atoms. The number of hydrogen-bond donors (Lipinski definition) is 0. The first-order valence-corrected chi connectivity index (χ1v) is 11.2. The summed E-state index contributed by atoms with van der Waals surface area (Å²) in [5, 5.41) is 0. The molecule has 0 radical (unpaired) electrons. The Morgan fingerprint density at radius 3 is 2.76 bits per heavy atom. The Morgan fingerprint density at radius 2 is 2.00 bits per heavy atom. The van der Waals surface area contributed by atoms with Crippen LogP contribution < -0.4 is 9.47 Å². The Balaban J connectivity index is 1.61. The highest BCUT2D eigenvalue weighted by Crippen LogP contribution is 2.31. The Kier molecular flexibility index (Phi) is 6.76. The van der Waals surface area contributed by atoms with Gasteiger partial charge in [-0.05, 0) is 50.5 Å². The maximum atomic E-state index is 13.4. The molecule has 3 heterocycles. The number of hydrogen-bond acceptors (Lipinski definition) is 5. The summed E-state index contributed by atoms with van der Waals surface area (Å²) < 4.78 is 37.5. The zero-order valence-corrected chi connectivity index (χ0v) is 19.1. The molecule has 33 heavy (non-hydrogen) atoms. The molecule has 0 N–H and O–H groups in total. The first-order chi connectivity index (χ1) is 15.9. The van der Waals surface area contributed by atoms with Gasteiger partial charge in [0.2, 0.25) is 0 Å². The van der Waals surface area contributed by atoms with Crippen LogP contribution in [0.25, 0.3) is 11.2 Å². The average Bonchev–Trinajstić information content (AvgIpc) is 2.95. The molecule has 1 amide bonds. The van der Waals surface area contributed by atoms with Gasteiger partial charge < -0.3 is 18.9 Å². The van der Waals surface area contributed by atoms with E-state index in [9.17, 15) is 13.6 Å². The van der Waals surface area contributed by atoms with Crippen LogP contribution in [-0.2, 0) is 19.5 Å². The van der Waals surface area contributed by atoms with Crippen LogP contribution in [0.1, 0.15) is 53.6 Å². The van der Waals surface area contributed by atoms with Crippen molar-refractivity contribution in [1.82, 2.24) is 19.4 Å². The zero-order chi connectivity index (χ0) is 23.5. The van der Waals surface area contributed by atoms with Gasteiger partial charge in [-0.15, -0.1) is 0 Å². The molecule has 9 heteroatoms. The van der Waals surface area contributed by atoms with Gasteiger partial charge in [0.15, 0.2) is 17.1 Å². The second kappa shape index (κ2) is 9.72. The number of imidazole rings is 1. The Bertz CT molecular complexity index is 1160. The van der Waals surface area contributed by atoms with E-state index in [1.807, 2.05) is 6.92 Å². The lowest BCUT2D eigenvalue weighted by atomic mass is 10.1. The molecular weight excluding hydrogens is 430 g/mol. The molecule has 1 aliphatic rings. The van der Waals surface area contributed by atoms with Crippen molar-refractivity contribution in [3.05, 3.63) is 46.9 Å². The number of pyridine rings is 1. The third kappa shape index (κ3) is 4.91. The van der Waals surface area contributed by atoms with Gasteiger partial charge in [0, 0.05) is 32.3 Å². The van der Waals surface area contributed by atoms with Gasteiger partial charge in [-0.3, -0.25) is 4.79 Å². The molecule has 0 unspecified atom stereocenters. The molecule has 0 saturated carbocycles. The normalized spacial score (nSPS) is 13.6. The molecule has 1 aromatic carbocycles. The number of carbonyl (C=O) groups excluding carboxylic acids is 1. The first-order valence-electron chi connectivity index (χ1n) is 11.2. The minimum atomic E-state index is -2.94. The van der Waals surface area contributed by atoms with Crippen molar-refractivity contribution in [1.29, 1.82) is 0 Å². The second-order valence-electron chi connectivity index (χ2n) is 8.23. The number of nitrogens with zero attached hydrogens (tertiary/aromatic N) is 4. The van der Waals surface area contributed by atoms with Gasteiger partial charge in [-0.25, -0.2) is 9.97 Å². The fourth-order valence-corrected chi connectivity index (χ4v) is 4.24. The molecule has 7 nitrogen and oxygen atoms in total. The third-order valence-electron chi connectivity index (χ3n) is 5.71. The van der Waals surface area contributed by atoms with Crippen LogP contribution in [0.2, 0.25) is 0 Å². The highest BCUT2D eigenvalue weighted by molar-refractivity contribution is 6.04. The predicted molar refractivity (Wildman–Crippen MR) is 120 cm³/mol. The van der Waals surface area contributed by atoms with Crippen LogP contribution >= 0.6 is 0 Å². The topological polar surface area (TPSA) is 69.5 Å². The molecule has 0 atom stereocenters. The summed E-state index contributed by atoms with van der Waals surface area (Å²) in [6.45, 7) is 2.13. The summed E-state index contributed by atoms with van der Waals surface area (Å²) in [5.41, 5.74) is 3.40. The molecule has 2 aromatic heterocycles. The molecule has 3 aromatic rings. The summed E-state index contributed by atoms with van der Waals surface area (Å²) in [4.78, 5) is 24.5. The van der Waals surface area contributed by atoms with Crippen molar-refractivity contribution in [3.63, 3.8) is 0 Å². The number of benzene rings is 1. The predicted octanol–water partition coefficient (Wildman–Crippen LogP) is 4.74. The number of halogens is 2. The lowest BCUT2D eigenvalue weighted by Gasteiger charge is -2.19. The van der Waals surface area contributed by atoms with E-state index in [4.69, 9.17) is 9.72 Å². The largest absolute Gasteiger partial charge is 0.490 e. The van der Waals surface area contributed by atoms with Gasteiger partial charge in [0.25, 0.3) is 5.91 Å². The summed E-state index contributed by atoms with van der Waals surface area (Å²) >= 11 is 0. The van der Waals surface area contributed by atoms with Crippen LogP contribution in [0.3, 0.4) is 0 Å². The van der Waals surface area contributed by atoms with Crippen LogP contribution in [0.5, 0.6) is 11.5 Å². The van der Waals surface area contributed by atoms with E-state index in [1.54, 1.807) is 37.1 Å². The van der Waals surface area contributed by atoms with Crippen molar-refractivity contribution in [3.8, 4) is 11.5 Å². The van der Waals surface area contributed by atoms with E-state index >= 15 is 0 Å². The maximum absolute atomic E-state index is 13.4. The van der Waals surface area contributed by atoms with Crippen molar-refractivity contribution in [2.45, 2.75) is 59.2 Å². The van der Waals surface area contributed by atoms with E-state index < -0.39 is 6.61 Å². The molecule has 0 saturated heterocycles. The molecule has 176 valence electrons. The number of ether oxygens (including phenoxy) is 2. The van der Waals surface area contributed by atoms with Crippen LogP contribution in [0.4, 0.5) is 8.78 Å². The summed E-state index contributed by atoms with van der Waals surface area (Å²) in [6.07, 6.45) is 4.20. The van der Waals surface area contributed by atoms with Gasteiger partial charge in [0.05, 0.1) is 12.2 Å².